The molecule has 0 aliphatic heterocycles. The van der Waals surface area contributed by atoms with Crippen LogP contribution in [0.3, 0.4) is 0 Å². The maximum absolute atomic E-state index is 5.59. The van der Waals surface area contributed by atoms with Crippen molar-refractivity contribution in [3.8, 4) is 0 Å². The number of hydrogen-bond acceptors (Lipinski definition) is 0. The van der Waals surface area contributed by atoms with E-state index in [0.29, 0.717) is 5.15 Å². The Balaban J connectivity index is 2.72. The molecule has 0 bridgehead atoms. The predicted octanol–water partition coefficient (Wildman–Crippen LogP) is 1.14. The van der Waals surface area contributed by atoms with Gasteiger partial charge in [0.2, 0.25) is 11.5 Å². The lowest BCUT2D eigenvalue weighted by atomic mass is 10.6. The molecule has 0 unspecified atom stereocenters. The second-order valence-electron chi connectivity index (χ2n) is 1.74. The average molecular weight is 144 g/mol. The number of hydrogen-bond donors (Lipinski definition) is 1. The molecule has 0 aromatic carbocycles. The molecule has 0 radical (unpaired) electrons. The summed E-state index contributed by atoms with van der Waals surface area (Å²) in [5.74, 6) is 0. The standard InChI is InChI=1S/C6H7ClN2/c1-2-3-9-4-6(7)8-5-9/h2,4-5H,1,3H2/p+1. The van der Waals surface area contributed by atoms with Crippen molar-refractivity contribution in [2.45, 2.75) is 6.54 Å². The largest absolute Gasteiger partial charge is 0.243 e. The molecule has 48 valence electrons. The number of nitrogens with zero attached hydrogens (tertiary/aromatic N) is 1. The third-order valence-corrected chi connectivity index (χ3v) is 1.19. The first-order valence-corrected chi connectivity index (χ1v) is 3.04. The summed E-state index contributed by atoms with van der Waals surface area (Å²) in [6.45, 7) is 4.38. The van der Waals surface area contributed by atoms with Crippen LogP contribution in [0.5, 0.6) is 0 Å². The van der Waals surface area contributed by atoms with Gasteiger partial charge in [-0.25, -0.2) is 9.55 Å². The van der Waals surface area contributed by atoms with Crippen LogP contribution in [0.4, 0.5) is 0 Å². The highest BCUT2D eigenvalue weighted by molar-refractivity contribution is 6.29. The van der Waals surface area contributed by atoms with Gasteiger partial charge < -0.3 is 0 Å². The van der Waals surface area contributed by atoms with E-state index in [9.17, 15) is 0 Å². The molecule has 0 spiro atoms. The zero-order chi connectivity index (χ0) is 6.69. The summed E-state index contributed by atoms with van der Waals surface area (Å²) >= 11 is 5.59. The summed E-state index contributed by atoms with van der Waals surface area (Å²) in [6.07, 6.45) is 5.41. The van der Waals surface area contributed by atoms with Crippen LogP contribution >= 0.6 is 11.6 Å². The smallest absolute Gasteiger partial charge is 0.234 e. The molecule has 1 rings (SSSR count). The third kappa shape index (κ3) is 1.57. The number of H-pyrrole nitrogens is 1. The second-order valence-corrected chi connectivity index (χ2v) is 2.14. The topological polar surface area (TPSA) is 19.7 Å². The Morgan fingerprint density at radius 3 is 3.11 bits per heavy atom. The Kier molecular flexibility index (Phi) is 1.90. The molecule has 0 atom stereocenters. The molecule has 1 N–H and O–H groups in total. The van der Waals surface area contributed by atoms with Gasteiger partial charge in [-0.2, -0.15) is 0 Å². The summed E-state index contributed by atoms with van der Waals surface area (Å²) in [4.78, 5) is 2.83. The molecular weight excluding hydrogens is 136 g/mol. The van der Waals surface area contributed by atoms with Crippen molar-refractivity contribution in [3.05, 3.63) is 30.3 Å². The van der Waals surface area contributed by atoms with Crippen LogP contribution in [0.15, 0.2) is 25.2 Å². The minimum Gasteiger partial charge on any atom is -0.234 e. The third-order valence-electron chi connectivity index (χ3n) is 0.987. The highest BCUT2D eigenvalue weighted by Gasteiger charge is 1.97. The quantitative estimate of drug-likeness (QED) is 0.473. The molecule has 0 aliphatic carbocycles. The van der Waals surface area contributed by atoms with Gasteiger partial charge in [0.05, 0.1) is 0 Å². The van der Waals surface area contributed by atoms with Crippen LogP contribution in [0.1, 0.15) is 0 Å². The number of aromatic nitrogens is 2. The molecule has 1 aromatic rings. The van der Waals surface area contributed by atoms with E-state index in [-0.39, 0.29) is 0 Å². The minimum atomic E-state index is 0.650. The van der Waals surface area contributed by atoms with E-state index >= 15 is 0 Å². The lowest BCUT2D eigenvalue weighted by Crippen LogP contribution is -2.28. The fourth-order valence-electron chi connectivity index (χ4n) is 0.619. The maximum atomic E-state index is 5.59. The van der Waals surface area contributed by atoms with Gasteiger partial charge in [-0.3, -0.25) is 0 Å². The summed E-state index contributed by atoms with van der Waals surface area (Å²) in [5, 5.41) is 0.650. The molecule has 0 fully saturated rings. The summed E-state index contributed by atoms with van der Waals surface area (Å²) in [5.41, 5.74) is 0. The lowest BCUT2D eigenvalue weighted by molar-refractivity contribution is -0.685. The zero-order valence-corrected chi connectivity index (χ0v) is 5.73. The molecule has 0 saturated carbocycles. The van der Waals surface area contributed by atoms with Crippen molar-refractivity contribution in [2.24, 2.45) is 0 Å². The average Bonchev–Trinajstić information content (AvgIpc) is 2.17. The monoisotopic (exact) mass is 143 g/mol. The molecule has 0 amide bonds. The SMILES string of the molecule is C=CC[n+]1c[nH]c(Cl)c1. The van der Waals surface area contributed by atoms with E-state index < -0.39 is 0 Å². The van der Waals surface area contributed by atoms with Gasteiger partial charge >= 0.3 is 0 Å². The van der Waals surface area contributed by atoms with E-state index in [1.54, 1.807) is 6.33 Å². The van der Waals surface area contributed by atoms with Gasteiger partial charge in [-0.1, -0.05) is 12.7 Å². The van der Waals surface area contributed by atoms with Crippen molar-refractivity contribution in [1.29, 1.82) is 0 Å². The highest BCUT2D eigenvalue weighted by atomic mass is 35.5. The number of rotatable bonds is 2. The number of aromatic amines is 1. The Morgan fingerprint density at radius 1 is 1.89 bits per heavy atom. The molecule has 1 heterocycles. The molecule has 0 aliphatic rings. The molecule has 9 heavy (non-hydrogen) atoms. The normalized spacial score (nSPS) is 9.44. The molecular formula is C6H8ClN2+. The lowest BCUT2D eigenvalue weighted by Gasteiger charge is -1.81. The molecule has 2 nitrogen and oxygen atoms in total. The summed E-state index contributed by atoms with van der Waals surface area (Å²) < 4.78 is 1.91. The number of allylic oxidation sites excluding steroid dienone is 1. The summed E-state index contributed by atoms with van der Waals surface area (Å²) in [6, 6.07) is 0. The van der Waals surface area contributed by atoms with Crippen molar-refractivity contribution < 1.29 is 4.57 Å². The fraction of sp³-hybridized carbons (Fsp3) is 0.167. The van der Waals surface area contributed by atoms with Crippen molar-refractivity contribution >= 4 is 11.6 Å². The van der Waals surface area contributed by atoms with E-state index in [2.05, 4.69) is 11.6 Å². The molecule has 1 aromatic heterocycles. The number of halogens is 1. The van der Waals surface area contributed by atoms with E-state index in [4.69, 9.17) is 11.6 Å². The van der Waals surface area contributed by atoms with Crippen LogP contribution in [0.25, 0.3) is 0 Å². The summed E-state index contributed by atoms with van der Waals surface area (Å²) in [7, 11) is 0. The fourth-order valence-corrected chi connectivity index (χ4v) is 0.793. The Bertz CT molecular complexity index is 205. The van der Waals surface area contributed by atoms with Crippen molar-refractivity contribution in [3.63, 3.8) is 0 Å². The van der Waals surface area contributed by atoms with Gasteiger partial charge in [0, 0.05) is 0 Å². The zero-order valence-electron chi connectivity index (χ0n) is 4.97. The van der Waals surface area contributed by atoms with E-state index in [1.165, 1.54) is 0 Å². The van der Waals surface area contributed by atoms with Crippen LogP contribution in [-0.4, -0.2) is 4.98 Å². The van der Waals surface area contributed by atoms with Gasteiger partial charge in [0.15, 0.2) is 0 Å². The van der Waals surface area contributed by atoms with Crippen molar-refractivity contribution in [1.82, 2.24) is 4.98 Å². The number of imidazole rings is 1. The van der Waals surface area contributed by atoms with Crippen molar-refractivity contribution in [2.75, 3.05) is 0 Å². The number of nitrogens with one attached hydrogen (secondary N) is 1. The van der Waals surface area contributed by atoms with Crippen LogP contribution in [0, 0.1) is 0 Å². The Labute approximate surface area is 58.8 Å². The molecule has 3 heteroatoms. The minimum absolute atomic E-state index is 0.650. The van der Waals surface area contributed by atoms with Crippen LogP contribution in [0.2, 0.25) is 5.15 Å². The van der Waals surface area contributed by atoms with E-state index in [1.807, 2.05) is 16.8 Å². The first-order valence-electron chi connectivity index (χ1n) is 2.67. The Morgan fingerprint density at radius 2 is 2.67 bits per heavy atom. The van der Waals surface area contributed by atoms with Gasteiger partial charge in [-0.15, -0.1) is 0 Å². The van der Waals surface area contributed by atoms with Gasteiger partial charge in [0.1, 0.15) is 12.7 Å². The maximum Gasteiger partial charge on any atom is 0.243 e. The van der Waals surface area contributed by atoms with Gasteiger partial charge in [0.25, 0.3) is 0 Å². The van der Waals surface area contributed by atoms with Crippen LogP contribution < -0.4 is 4.57 Å². The first kappa shape index (κ1) is 6.36. The predicted molar refractivity (Wildman–Crippen MR) is 36.2 cm³/mol. The Hall–Kier alpha value is -0.760. The second kappa shape index (κ2) is 2.69. The van der Waals surface area contributed by atoms with Crippen LogP contribution in [-0.2, 0) is 6.54 Å². The van der Waals surface area contributed by atoms with Gasteiger partial charge in [-0.05, 0) is 11.6 Å². The molecule has 0 saturated heterocycles. The highest BCUT2D eigenvalue weighted by Crippen LogP contribution is 1.95. The van der Waals surface area contributed by atoms with E-state index in [0.717, 1.165) is 6.54 Å². The first-order chi connectivity index (χ1) is 4.33.